The van der Waals surface area contributed by atoms with Crippen molar-refractivity contribution in [1.82, 2.24) is 4.98 Å². The molecular formula is C20H15ClN2O2S. The standard InChI is InChI=1S/C20H15ClN2O2S/c1-25-11-14-4-2-3-5-16(14)19(24)17(10-22)20-23-18(12-26-20)13-6-8-15(21)9-7-13/h2-9,12,17H,11H2,1H3/t17-/m0/s1. The van der Waals surface area contributed by atoms with E-state index in [4.69, 9.17) is 16.3 Å². The average molecular weight is 383 g/mol. The third-order valence-electron chi connectivity index (χ3n) is 3.88. The number of nitriles is 1. The quantitative estimate of drug-likeness (QED) is 0.556. The van der Waals surface area contributed by atoms with E-state index in [1.807, 2.05) is 29.6 Å². The number of hydrogen-bond donors (Lipinski definition) is 0. The van der Waals surface area contributed by atoms with Crippen LogP contribution in [-0.2, 0) is 11.3 Å². The largest absolute Gasteiger partial charge is 0.380 e. The first kappa shape index (κ1) is 18.3. The number of nitrogens with zero attached hydrogens (tertiary/aromatic N) is 2. The third-order valence-corrected chi connectivity index (χ3v) is 5.04. The number of hydrogen-bond acceptors (Lipinski definition) is 5. The van der Waals surface area contributed by atoms with Gasteiger partial charge in [0.2, 0.25) is 0 Å². The van der Waals surface area contributed by atoms with Gasteiger partial charge in [0.25, 0.3) is 0 Å². The Hall–Kier alpha value is -2.52. The SMILES string of the molecule is COCc1ccccc1C(=O)[C@H](C#N)c1nc(-c2ccc(Cl)cc2)cs1. The van der Waals surface area contributed by atoms with Gasteiger partial charge < -0.3 is 4.74 Å². The van der Waals surface area contributed by atoms with E-state index < -0.39 is 5.92 Å². The third kappa shape index (κ3) is 3.83. The summed E-state index contributed by atoms with van der Waals surface area (Å²) in [6.45, 7) is 0.313. The smallest absolute Gasteiger partial charge is 0.187 e. The van der Waals surface area contributed by atoms with Gasteiger partial charge in [0.05, 0.1) is 18.4 Å². The minimum absolute atomic E-state index is 0.267. The van der Waals surface area contributed by atoms with Crippen molar-refractivity contribution in [3.05, 3.63) is 75.1 Å². The second-order valence-corrected chi connectivity index (χ2v) is 6.92. The molecule has 3 aromatic rings. The van der Waals surface area contributed by atoms with Crippen LogP contribution >= 0.6 is 22.9 Å². The van der Waals surface area contributed by atoms with Crippen LogP contribution in [0, 0.1) is 11.3 Å². The van der Waals surface area contributed by atoms with Crippen molar-refractivity contribution in [2.24, 2.45) is 0 Å². The normalized spacial score (nSPS) is 11.7. The molecule has 3 rings (SSSR count). The lowest BCUT2D eigenvalue weighted by atomic mass is 9.95. The van der Waals surface area contributed by atoms with E-state index in [2.05, 4.69) is 11.1 Å². The number of ketones is 1. The van der Waals surface area contributed by atoms with Gasteiger partial charge in [0.1, 0.15) is 5.01 Å². The molecule has 0 fully saturated rings. The number of Topliss-reactive ketones (excluding diaryl/α,β-unsaturated/α-hetero) is 1. The summed E-state index contributed by atoms with van der Waals surface area (Å²) in [6, 6.07) is 16.5. The zero-order chi connectivity index (χ0) is 18.5. The molecule has 0 unspecified atom stereocenters. The molecule has 1 aromatic heterocycles. The predicted octanol–water partition coefficient (Wildman–Crippen LogP) is 5.10. The van der Waals surface area contributed by atoms with Crippen LogP contribution in [0.5, 0.6) is 0 Å². The predicted molar refractivity (Wildman–Crippen MR) is 102 cm³/mol. The Bertz CT molecular complexity index is 960. The number of aromatic nitrogens is 1. The molecule has 1 heterocycles. The Morgan fingerprint density at radius 1 is 1.27 bits per heavy atom. The molecule has 0 radical (unpaired) electrons. The van der Waals surface area contributed by atoms with E-state index in [1.165, 1.54) is 11.3 Å². The molecule has 4 nitrogen and oxygen atoms in total. The van der Waals surface area contributed by atoms with Gasteiger partial charge in [-0.25, -0.2) is 4.98 Å². The first-order chi connectivity index (χ1) is 12.6. The number of ether oxygens (including phenoxy) is 1. The lowest BCUT2D eigenvalue weighted by molar-refractivity contribution is 0.0974. The topological polar surface area (TPSA) is 63.0 Å². The maximum Gasteiger partial charge on any atom is 0.187 e. The van der Waals surface area contributed by atoms with Gasteiger partial charge >= 0.3 is 0 Å². The number of rotatable bonds is 6. The summed E-state index contributed by atoms with van der Waals surface area (Å²) in [5.41, 5.74) is 2.86. The Kier molecular flexibility index (Phi) is 5.79. The molecule has 0 saturated carbocycles. The van der Waals surface area contributed by atoms with Crippen molar-refractivity contribution >= 4 is 28.7 Å². The van der Waals surface area contributed by atoms with Crippen molar-refractivity contribution in [2.45, 2.75) is 12.5 Å². The van der Waals surface area contributed by atoms with Gasteiger partial charge in [-0.05, 0) is 17.7 Å². The lowest BCUT2D eigenvalue weighted by Crippen LogP contribution is -2.13. The summed E-state index contributed by atoms with van der Waals surface area (Å²) in [6.07, 6.45) is 0. The highest BCUT2D eigenvalue weighted by Gasteiger charge is 2.26. The Balaban J connectivity index is 1.91. The Labute approximate surface area is 160 Å². The molecule has 0 saturated heterocycles. The molecule has 26 heavy (non-hydrogen) atoms. The Morgan fingerprint density at radius 2 is 2.00 bits per heavy atom. The van der Waals surface area contributed by atoms with E-state index in [9.17, 15) is 10.1 Å². The first-order valence-electron chi connectivity index (χ1n) is 7.86. The molecule has 0 amide bonds. The molecule has 0 spiro atoms. The number of benzene rings is 2. The van der Waals surface area contributed by atoms with Crippen molar-refractivity contribution in [1.29, 1.82) is 5.26 Å². The lowest BCUT2D eigenvalue weighted by Gasteiger charge is -2.10. The Morgan fingerprint density at radius 3 is 2.69 bits per heavy atom. The van der Waals surface area contributed by atoms with Crippen LogP contribution in [0.4, 0.5) is 0 Å². The van der Waals surface area contributed by atoms with Crippen LogP contribution < -0.4 is 0 Å². The number of carbonyl (C=O) groups excluding carboxylic acids is 1. The summed E-state index contributed by atoms with van der Waals surface area (Å²) in [5, 5.41) is 12.6. The molecule has 130 valence electrons. The van der Waals surface area contributed by atoms with Crippen LogP contribution in [0.25, 0.3) is 11.3 Å². The molecule has 0 aliphatic carbocycles. The average Bonchev–Trinajstić information content (AvgIpc) is 3.13. The summed E-state index contributed by atoms with van der Waals surface area (Å²) in [7, 11) is 1.57. The second kappa shape index (κ2) is 8.24. The number of carbonyl (C=O) groups is 1. The van der Waals surface area contributed by atoms with Crippen molar-refractivity contribution in [3.8, 4) is 17.3 Å². The molecule has 0 aliphatic rings. The highest BCUT2D eigenvalue weighted by atomic mass is 35.5. The fourth-order valence-corrected chi connectivity index (χ4v) is 3.59. The fraction of sp³-hybridized carbons (Fsp3) is 0.150. The van der Waals surface area contributed by atoms with Crippen LogP contribution in [0.15, 0.2) is 53.9 Å². The zero-order valence-electron chi connectivity index (χ0n) is 14.0. The van der Waals surface area contributed by atoms with Crippen molar-refractivity contribution in [3.63, 3.8) is 0 Å². The molecule has 0 aliphatic heterocycles. The molecule has 2 aromatic carbocycles. The number of halogens is 1. The molecule has 6 heteroatoms. The van der Waals surface area contributed by atoms with Gasteiger partial charge in [-0.15, -0.1) is 11.3 Å². The minimum atomic E-state index is -0.945. The maximum atomic E-state index is 12.9. The van der Waals surface area contributed by atoms with E-state index in [0.29, 0.717) is 22.2 Å². The van der Waals surface area contributed by atoms with E-state index in [1.54, 1.807) is 31.4 Å². The highest BCUT2D eigenvalue weighted by Crippen LogP contribution is 2.30. The summed E-state index contributed by atoms with van der Waals surface area (Å²) in [4.78, 5) is 17.4. The maximum absolute atomic E-state index is 12.9. The monoisotopic (exact) mass is 382 g/mol. The minimum Gasteiger partial charge on any atom is -0.380 e. The fourth-order valence-electron chi connectivity index (χ4n) is 2.60. The van der Waals surface area contributed by atoms with Crippen LogP contribution in [0.2, 0.25) is 5.02 Å². The zero-order valence-corrected chi connectivity index (χ0v) is 15.6. The van der Waals surface area contributed by atoms with Crippen molar-refractivity contribution in [2.75, 3.05) is 7.11 Å². The summed E-state index contributed by atoms with van der Waals surface area (Å²) >= 11 is 7.22. The molecule has 0 N–H and O–H groups in total. The van der Waals surface area contributed by atoms with E-state index in [0.717, 1.165) is 16.8 Å². The number of methoxy groups -OCH3 is 1. The molecule has 1 atom stereocenters. The molecule has 0 bridgehead atoms. The van der Waals surface area contributed by atoms with Crippen LogP contribution in [0.1, 0.15) is 26.8 Å². The van der Waals surface area contributed by atoms with Gasteiger partial charge in [-0.1, -0.05) is 48.0 Å². The summed E-state index contributed by atoms with van der Waals surface area (Å²) < 4.78 is 5.15. The van der Waals surface area contributed by atoms with Crippen LogP contribution in [0.3, 0.4) is 0 Å². The van der Waals surface area contributed by atoms with Gasteiger partial charge in [0.15, 0.2) is 11.7 Å². The number of thiazole rings is 1. The highest BCUT2D eigenvalue weighted by molar-refractivity contribution is 7.10. The van der Waals surface area contributed by atoms with Gasteiger partial charge in [-0.2, -0.15) is 5.26 Å². The van der Waals surface area contributed by atoms with E-state index >= 15 is 0 Å². The van der Waals surface area contributed by atoms with Gasteiger partial charge in [0, 0.05) is 28.6 Å². The van der Waals surface area contributed by atoms with E-state index in [-0.39, 0.29) is 5.78 Å². The van der Waals surface area contributed by atoms with Crippen molar-refractivity contribution < 1.29 is 9.53 Å². The van der Waals surface area contributed by atoms with Crippen LogP contribution in [-0.4, -0.2) is 17.9 Å². The summed E-state index contributed by atoms with van der Waals surface area (Å²) in [5.74, 6) is -1.21. The van der Waals surface area contributed by atoms with Gasteiger partial charge in [-0.3, -0.25) is 4.79 Å². The molecular weight excluding hydrogens is 368 g/mol. The second-order valence-electron chi connectivity index (χ2n) is 5.59. The first-order valence-corrected chi connectivity index (χ1v) is 9.12.